The van der Waals surface area contributed by atoms with Crippen LogP contribution >= 0.6 is 0 Å². The third-order valence-electron chi connectivity index (χ3n) is 2.00. The zero-order chi connectivity index (χ0) is 12.3. The van der Waals surface area contributed by atoms with Crippen molar-refractivity contribution in [3.05, 3.63) is 18.3 Å². The number of nitrogens with zero attached hydrogens (tertiary/aromatic N) is 3. The molecule has 2 rings (SSSR count). The van der Waals surface area contributed by atoms with E-state index >= 15 is 0 Å². The van der Waals surface area contributed by atoms with Gasteiger partial charge in [0.25, 0.3) is 0 Å². The summed E-state index contributed by atoms with van der Waals surface area (Å²) >= 11 is 0. The summed E-state index contributed by atoms with van der Waals surface area (Å²) in [7, 11) is 0. The van der Waals surface area contributed by atoms with Gasteiger partial charge in [0, 0.05) is 6.54 Å². The number of hydrogen-bond acceptors (Lipinski definition) is 5. The number of rotatable bonds is 2. The molecule has 0 fully saturated rings. The second kappa shape index (κ2) is 4.60. The lowest BCUT2D eigenvalue weighted by molar-refractivity contribution is 0.252. The van der Waals surface area contributed by atoms with Crippen LogP contribution in [0.3, 0.4) is 0 Å². The van der Waals surface area contributed by atoms with E-state index in [0.29, 0.717) is 29.3 Å². The normalized spacial score (nSPS) is 10.2. The van der Waals surface area contributed by atoms with Gasteiger partial charge in [-0.1, -0.05) is 0 Å². The van der Waals surface area contributed by atoms with Crippen LogP contribution in [-0.2, 0) is 0 Å². The molecule has 0 spiro atoms. The summed E-state index contributed by atoms with van der Waals surface area (Å²) in [4.78, 5) is 23.5. The molecule has 7 nitrogen and oxygen atoms in total. The van der Waals surface area contributed by atoms with E-state index in [1.807, 2.05) is 6.92 Å². The fourth-order valence-electron chi connectivity index (χ4n) is 1.30. The molecule has 2 aromatic rings. The molecule has 2 aromatic heterocycles. The number of pyridine rings is 1. The van der Waals surface area contributed by atoms with Crippen LogP contribution < -0.4 is 16.4 Å². The maximum atomic E-state index is 11.3. The molecule has 0 aliphatic carbocycles. The van der Waals surface area contributed by atoms with Crippen LogP contribution in [0.15, 0.2) is 18.3 Å². The summed E-state index contributed by atoms with van der Waals surface area (Å²) in [6, 6.07) is 3.06. The largest absolute Gasteiger partial charge is 0.382 e. The molecule has 0 bridgehead atoms. The first-order valence-electron chi connectivity index (χ1n) is 5.13. The lowest BCUT2D eigenvalue weighted by atomic mass is 10.4. The van der Waals surface area contributed by atoms with Gasteiger partial charge in [0.15, 0.2) is 5.65 Å². The number of aromatic nitrogens is 3. The summed E-state index contributed by atoms with van der Waals surface area (Å²) in [5.41, 5.74) is 6.54. The second-order valence-electron chi connectivity index (χ2n) is 3.32. The molecule has 0 saturated carbocycles. The molecule has 7 heteroatoms. The highest BCUT2D eigenvalue weighted by atomic mass is 16.2. The molecule has 17 heavy (non-hydrogen) atoms. The molecule has 2 amide bonds. The first-order chi connectivity index (χ1) is 8.19. The van der Waals surface area contributed by atoms with Crippen LogP contribution in [0.2, 0.25) is 0 Å². The predicted octanol–water partition coefficient (Wildman–Crippen LogP) is 0.748. The average Bonchev–Trinajstić information content (AvgIpc) is 2.28. The maximum Gasteiger partial charge on any atom is 0.320 e. The number of fused-ring (bicyclic) bond motifs is 1. The molecule has 0 unspecified atom stereocenters. The van der Waals surface area contributed by atoms with Crippen molar-refractivity contribution in [3.63, 3.8) is 0 Å². The van der Waals surface area contributed by atoms with Crippen molar-refractivity contribution in [1.82, 2.24) is 20.3 Å². The van der Waals surface area contributed by atoms with Crippen molar-refractivity contribution < 1.29 is 4.79 Å². The van der Waals surface area contributed by atoms with E-state index < -0.39 is 0 Å². The van der Waals surface area contributed by atoms with Crippen molar-refractivity contribution in [2.75, 3.05) is 17.6 Å². The quantitative estimate of drug-likeness (QED) is 0.708. The SMILES string of the molecule is CCNC(=O)Nc1ccc2ncc(N)nc2n1. The minimum atomic E-state index is -0.309. The fraction of sp³-hybridized carbons (Fsp3) is 0.200. The van der Waals surface area contributed by atoms with E-state index in [4.69, 9.17) is 5.73 Å². The highest BCUT2D eigenvalue weighted by molar-refractivity contribution is 5.89. The van der Waals surface area contributed by atoms with Gasteiger partial charge in [-0.3, -0.25) is 5.32 Å². The minimum absolute atomic E-state index is 0.292. The van der Waals surface area contributed by atoms with Crippen LogP contribution in [0.4, 0.5) is 16.4 Å². The molecule has 0 aromatic carbocycles. The third-order valence-corrected chi connectivity index (χ3v) is 2.00. The monoisotopic (exact) mass is 232 g/mol. The molecule has 4 N–H and O–H groups in total. The average molecular weight is 232 g/mol. The molecular formula is C10H12N6O. The standard InChI is InChI=1S/C10H12N6O/c1-2-12-10(17)16-8-4-3-6-9(15-8)14-7(11)5-13-6/h3-5H,2H2,1H3,(H4,11,12,14,15,16,17). The van der Waals surface area contributed by atoms with Gasteiger partial charge in [-0.2, -0.15) is 0 Å². The Hall–Kier alpha value is -2.44. The predicted molar refractivity (Wildman–Crippen MR) is 64.4 cm³/mol. The smallest absolute Gasteiger partial charge is 0.320 e. The number of nitrogen functional groups attached to an aromatic ring is 1. The highest BCUT2D eigenvalue weighted by Crippen LogP contribution is 2.11. The Kier molecular flexibility index (Phi) is 2.99. The van der Waals surface area contributed by atoms with Crippen molar-refractivity contribution in [2.24, 2.45) is 0 Å². The third kappa shape index (κ3) is 2.57. The summed E-state index contributed by atoms with van der Waals surface area (Å²) in [5, 5.41) is 5.19. The number of nitrogens with one attached hydrogen (secondary N) is 2. The van der Waals surface area contributed by atoms with Gasteiger partial charge in [-0.15, -0.1) is 0 Å². The van der Waals surface area contributed by atoms with Gasteiger partial charge in [-0.25, -0.2) is 19.7 Å². The van der Waals surface area contributed by atoms with Crippen molar-refractivity contribution >= 4 is 28.8 Å². The van der Waals surface area contributed by atoms with Gasteiger partial charge < -0.3 is 11.1 Å². The first kappa shape index (κ1) is 11.1. The van der Waals surface area contributed by atoms with E-state index in [0.717, 1.165) is 0 Å². The zero-order valence-electron chi connectivity index (χ0n) is 9.27. The Morgan fingerprint density at radius 3 is 3.00 bits per heavy atom. The summed E-state index contributed by atoms with van der Waals surface area (Å²) in [5.74, 6) is 0.698. The number of anilines is 2. The van der Waals surface area contributed by atoms with E-state index in [-0.39, 0.29) is 6.03 Å². The Morgan fingerprint density at radius 1 is 1.41 bits per heavy atom. The lowest BCUT2D eigenvalue weighted by Gasteiger charge is -2.05. The van der Waals surface area contributed by atoms with Crippen LogP contribution in [0.1, 0.15) is 6.92 Å². The molecule has 2 heterocycles. The summed E-state index contributed by atoms with van der Waals surface area (Å²) in [6.07, 6.45) is 1.46. The molecule has 0 aliphatic heterocycles. The fourth-order valence-corrected chi connectivity index (χ4v) is 1.30. The van der Waals surface area contributed by atoms with Gasteiger partial charge in [0.1, 0.15) is 17.2 Å². The highest BCUT2D eigenvalue weighted by Gasteiger charge is 2.04. The first-order valence-corrected chi connectivity index (χ1v) is 5.13. The van der Waals surface area contributed by atoms with Crippen molar-refractivity contribution in [2.45, 2.75) is 6.92 Å². The van der Waals surface area contributed by atoms with Crippen LogP contribution in [-0.4, -0.2) is 27.5 Å². The van der Waals surface area contributed by atoms with Crippen LogP contribution in [0.5, 0.6) is 0 Å². The number of hydrogen-bond donors (Lipinski definition) is 3. The number of urea groups is 1. The van der Waals surface area contributed by atoms with Gasteiger partial charge >= 0.3 is 6.03 Å². The Bertz CT molecular complexity index is 555. The Balaban J connectivity index is 2.27. The maximum absolute atomic E-state index is 11.3. The second-order valence-corrected chi connectivity index (χ2v) is 3.32. The van der Waals surface area contributed by atoms with Gasteiger partial charge in [0.2, 0.25) is 0 Å². The van der Waals surface area contributed by atoms with Gasteiger partial charge in [-0.05, 0) is 19.1 Å². The summed E-state index contributed by atoms with van der Waals surface area (Å²) in [6.45, 7) is 2.38. The van der Waals surface area contributed by atoms with Crippen LogP contribution in [0.25, 0.3) is 11.2 Å². The molecule has 0 radical (unpaired) electrons. The molecule has 0 aliphatic rings. The molecule has 88 valence electrons. The number of nitrogens with two attached hydrogens (primary N) is 1. The van der Waals surface area contributed by atoms with E-state index in [9.17, 15) is 4.79 Å². The Labute approximate surface area is 97.5 Å². The Morgan fingerprint density at radius 2 is 2.24 bits per heavy atom. The van der Waals surface area contributed by atoms with Crippen molar-refractivity contribution in [3.8, 4) is 0 Å². The van der Waals surface area contributed by atoms with E-state index in [2.05, 4.69) is 25.6 Å². The number of carbonyl (C=O) groups is 1. The molecular weight excluding hydrogens is 220 g/mol. The van der Waals surface area contributed by atoms with E-state index in [1.54, 1.807) is 12.1 Å². The lowest BCUT2D eigenvalue weighted by Crippen LogP contribution is -2.28. The number of carbonyl (C=O) groups excluding carboxylic acids is 1. The molecule has 0 atom stereocenters. The molecule has 0 saturated heterocycles. The zero-order valence-corrected chi connectivity index (χ0v) is 9.27. The minimum Gasteiger partial charge on any atom is -0.382 e. The van der Waals surface area contributed by atoms with E-state index in [1.165, 1.54) is 6.20 Å². The van der Waals surface area contributed by atoms with Crippen LogP contribution in [0, 0.1) is 0 Å². The topological polar surface area (TPSA) is 106 Å². The number of amides is 2. The van der Waals surface area contributed by atoms with Crippen molar-refractivity contribution in [1.29, 1.82) is 0 Å². The van der Waals surface area contributed by atoms with Gasteiger partial charge in [0.05, 0.1) is 6.20 Å². The summed E-state index contributed by atoms with van der Waals surface area (Å²) < 4.78 is 0.